The van der Waals surface area contributed by atoms with Gasteiger partial charge in [0.25, 0.3) is 0 Å². The molecule has 0 spiro atoms. The molecular weight excluding hydrogens is 489 g/mol. The highest BCUT2D eigenvalue weighted by Crippen LogP contribution is 2.33. The van der Waals surface area contributed by atoms with E-state index < -0.39 is 34.2 Å². The molecule has 0 aliphatic rings. The highest BCUT2D eigenvalue weighted by Gasteiger charge is 2.30. The number of benzene rings is 3. The summed E-state index contributed by atoms with van der Waals surface area (Å²) in [4.78, 5) is 31.9. The van der Waals surface area contributed by atoms with E-state index in [2.05, 4.69) is 26.1 Å². The lowest BCUT2D eigenvalue weighted by Gasteiger charge is -2.18. The molecule has 4 aromatic rings. The third kappa shape index (κ3) is 5.99. The third-order valence-electron chi connectivity index (χ3n) is 5.31. The molecule has 1 amide bonds. The lowest BCUT2D eigenvalue weighted by atomic mass is 9.91. The Bertz CT molecular complexity index is 1350. The molecule has 0 radical (unpaired) electrons. The first-order chi connectivity index (χ1) is 17.7. The zero-order valence-corrected chi connectivity index (χ0v) is 18.9. The fourth-order valence-corrected chi connectivity index (χ4v) is 3.59. The Hall–Kier alpha value is -5.00. The monoisotopic (exact) mass is 508 g/mol. The van der Waals surface area contributed by atoms with Gasteiger partial charge in [0.15, 0.2) is 0 Å². The molecule has 4 rings (SSSR count). The SMILES string of the molecule is O=C(NNc1ncnc(Nc2ccc(C(F)(F)F)cc2)c1[N+](=O)[O-])C(c1ccccc1)c1ccccc1. The molecule has 3 aromatic carbocycles. The lowest BCUT2D eigenvalue weighted by molar-refractivity contribution is -0.383. The van der Waals surface area contributed by atoms with Crippen LogP contribution in [0.3, 0.4) is 0 Å². The molecule has 3 N–H and O–H groups in total. The lowest BCUT2D eigenvalue weighted by Crippen LogP contribution is -2.35. The largest absolute Gasteiger partial charge is 0.416 e. The molecule has 0 atom stereocenters. The Kier molecular flexibility index (Phi) is 7.28. The van der Waals surface area contributed by atoms with Gasteiger partial charge in [0, 0.05) is 5.69 Å². The van der Waals surface area contributed by atoms with Gasteiger partial charge < -0.3 is 5.32 Å². The molecule has 0 aliphatic heterocycles. The summed E-state index contributed by atoms with van der Waals surface area (Å²) in [6, 6.07) is 21.9. The zero-order valence-electron chi connectivity index (χ0n) is 18.9. The average Bonchev–Trinajstić information content (AvgIpc) is 2.88. The number of nitro groups is 1. The molecule has 188 valence electrons. The third-order valence-corrected chi connectivity index (χ3v) is 5.31. The quantitative estimate of drug-likeness (QED) is 0.215. The minimum atomic E-state index is -4.52. The summed E-state index contributed by atoms with van der Waals surface area (Å²) in [6.07, 6.45) is -3.51. The molecule has 9 nitrogen and oxygen atoms in total. The van der Waals surface area contributed by atoms with Gasteiger partial charge in [0.2, 0.25) is 17.5 Å². The minimum absolute atomic E-state index is 0.137. The normalized spacial score (nSPS) is 11.1. The Morgan fingerprint density at radius 3 is 1.89 bits per heavy atom. The number of carbonyl (C=O) groups excluding carboxylic acids is 1. The maximum atomic E-state index is 13.2. The van der Waals surface area contributed by atoms with Crippen LogP contribution in [0.5, 0.6) is 0 Å². The number of nitrogens with zero attached hydrogens (tertiary/aromatic N) is 3. The van der Waals surface area contributed by atoms with Crippen LogP contribution in [0.15, 0.2) is 91.3 Å². The number of hydrogen-bond donors (Lipinski definition) is 3. The molecule has 0 saturated carbocycles. The van der Waals surface area contributed by atoms with Gasteiger partial charge in [-0.1, -0.05) is 60.7 Å². The summed E-state index contributed by atoms with van der Waals surface area (Å²) in [6.45, 7) is 0. The fourth-order valence-electron chi connectivity index (χ4n) is 3.59. The molecule has 0 aliphatic carbocycles. The van der Waals surface area contributed by atoms with Crippen molar-refractivity contribution in [3.05, 3.63) is 118 Å². The van der Waals surface area contributed by atoms with E-state index >= 15 is 0 Å². The first-order valence-electron chi connectivity index (χ1n) is 10.8. The molecule has 37 heavy (non-hydrogen) atoms. The van der Waals surface area contributed by atoms with E-state index in [1.807, 2.05) is 12.1 Å². The van der Waals surface area contributed by atoms with E-state index in [9.17, 15) is 28.1 Å². The maximum absolute atomic E-state index is 13.2. The van der Waals surface area contributed by atoms with Crippen molar-refractivity contribution in [1.82, 2.24) is 15.4 Å². The Balaban J connectivity index is 1.57. The van der Waals surface area contributed by atoms with Crippen LogP contribution >= 0.6 is 0 Å². The molecule has 1 heterocycles. The summed E-state index contributed by atoms with van der Waals surface area (Å²) >= 11 is 0. The predicted molar refractivity (Wildman–Crippen MR) is 130 cm³/mol. The molecule has 1 aromatic heterocycles. The summed E-state index contributed by atoms with van der Waals surface area (Å²) < 4.78 is 38.5. The van der Waals surface area contributed by atoms with E-state index in [1.54, 1.807) is 48.5 Å². The van der Waals surface area contributed by atoms with Crippen molar-refractivity contribution in [3.63, 3.8) is 0 Å². The van der Waals surface area contributed by atoms with Crippen LogP contribution in [0.25, 0.3) is 0 Å². The van der Waals surface area contributed by atoms with Crippen molar-refractivity contribution in [2.45, 2.75) is 12.1 Å². The van der Waals surface area contributed by atoms with Crippen LogP contribution in [0.2, 0.25) is 0 Å². The van der Waals surface area contributed by atoms with Gasteiger partial charge in [0.1, 0.15) is 6.33 Å². The molecule has 12 heteroatoms. The second-order valence-electron chi connectivity index (χ2n) is 7.75. The summed E-state index contributed by atoms with van der Waals surface area (Å²) in [5, 5.41) is 14.4. The van der Waals surface area contributed by atoms with Gasteiger partial charge in [0.05, 0.1) is 16.4 Å². The van der Waals surface area contributed by atoms with Crippen LogP contribution in [-0.4, -0.2) is 20.8 Å². The maximum Gasteiger partial charge on any atom is 0.416 e. The van der Waals surface area contributed by atoms with Crippen molar-refractivity contribution in [2.75, 3.05) is 10.7 Å². The van der Waals surface area contributed by atoms with Gasteiger partial charge in [-0.3, -0.25) is 25.8 Å². The number of amides is 1. The Labute approximate surface area is 208 Å². The van der Waals surface area contributed by atoms with E-state index in [-0.39, 0.29) is 17.3 Å². The first kappa shape index (κ1) is 25.1. The van der Waals surface area contributed by atoms with E-state index in [0.717, 1.165) is 30.6 Å². The van der Waals surface area contributed by atoms with Gasteiger partial charge in [-0.15, -0.1) is 0 Å². The molecule has 0 fully saturated rings. The number of alkyl halides is 3. The molecular formula is C25H19F3N6O3. The van der Waals surface area contributed by atoms with Gasteiger partial charge in [-0.05, 0) is 35.4 Å². The van der Waals surface area contributed by atoms with Gasteiger partial charge in [-0.25, -0.2) is 9.97 Å². The predicted octanol–water partition coefficient (Wildman–Crippen LogP) is 5.42. The highest BCUT2D eigenvalue weighted by atomic mass is 19.4. The highest BCUT2D eigenvalue weighted by molar-refractivity contribution is 5.88. The summed E-state index contributed by atoms with van der Waals surface area (Å²) in [7, 11) is 0. The van der Waals surface area contributed by atoms with E-state index in [0.29, 0.717) is 11.1 Å². The van der Waals surface area contributed by atoms with Crippen LogP contribution in [-0.2, 0) is 11.0 Å². The molecule has 0 saturated heterocycles. The standard InChI is InChI=1S/C25H19F3N6O3/c26-25(27,28)18-11-13-19(14-12-18)31-22-21(34(36)37)23(30-15-29-22)32-33-24(35)20(16-7-3-1-4-8-16)17-9-5-2-6-10-17/h1-15,20H,(H,33,35)(H2,29,30,31,32). The molecule has 0 bridgehead atoms. The number of anilines is 3. The van der Waals surface area contributed by atoms with E-state index in [1.165, 1.54) is 0 Å². The second-order valence-corrected chi connectivity index (χ2v) is 7.75. The number of carbonyl (C=O) groups is 1. The first-order valence-corrected chi connectivity index (χ1v) is 10.8. The topological polar surface area (TPSA) is 122 Å². The van der Waals surface area contributed by atoms with Crippen molar-refractivity contribution < 1.29 is 22.9 Å². The zero-order chi connectivity index (χ0) is 26.4. The van der Waals surface area contributed by atoms with Crippen molar-refractivity contribution in [2.24, 2.45) is 0 Å². The van der Waals surface area contributed by atoms with Crippen LogP contribution < -0.4 is 16.2 Å². The number of hydrogen-bond acceptors (Lipinski definition) is 7. The van der Waals surface area contributed by atoms with Gasteiger partial charge >= 0.3 is 11.9 Å². The van der Waals surface area contributed by atoms with Crippen LogP contribution in [0, 0.1) is 10.1 Å². The Morgan fingerprint density at radius 1 is 0.838 bits per heavy atom. The number of nitrogens with one attached hydrogen (secondary N) is 3. The Morgan fingerprint density at radius 2 is 1.38 bits per heavy atom. The number of hydrazine groups is 1. The summed E-state index contributed by atoms with van der Waals surface area (Å²) in [5.41, 5.74) is 5.02. The van der Waals surface area contributed by atoms with E-state index in [4.69, 9.17) is 0 Å². The van der Waals surface area contributed by atoms with Crippen molar-refractivity contribution in [1.29, 1.82) is 0 Å². The molecule has 0 unspecified atom stereocenters. The minimum Gasteiger partial charge on any atom is -0.334 e. The van der Waals surface area contributed by atoms with Gasteiger partial charge in [-0.2, -0.15) is 13.2 Å². The number of aromatic nitrogens is 2. The van der Waals surface area contributed by atoms with Crippen LogP contribution in [0.4, 0.5) is 36.2 Å². The van der Waals surface area contributed by atoms with Crippen molar-refractivity contribution >= 4 is 28.9 Å². The summed E-state index contributed by atoms with van der Waals surface area (Å²) in [5.74, 6) is -1.81. The van der Waals surface area contributed by atoms with Crippen molar-refractivity contribution in [3.8, 4) is 0 Å². The number of halogens is 3. The fraction of sp³-hybridized carbons (Fsp3) is 0.0800. The number of rotatable bonds is 8. The average molecular weight is 508 g/mol. The second kappa shape index (κ2) is 10.7. The smallest absolute Gasteiger partial charge is 0.334 e. The van der Waals surface area contributed by atoms with Crippen LogP contribution in [0.1, 0.15) is 22.6 Å².